The van der Waals surface area contributed by atoms with E-state index in [1.54, 1.807) is 15.3 Å². The molecule has 0 spiro atoms. The predicted molar refractivity (Wildman–Crippen MR) is 95.6 cm³/mol. The molecule has 3 aromatic rings. The maximum Gasteiger partial charge on any atom is 0.350 e. The van der Waals surface area contributed by atoms with Crippen molar-refractivity contribution in [3.05, 3.63) is 58.5 Å². The Morgan fingerprint density at radius 1 is 1.24 bits per heavy atom. The van der Waals surface area contributed by atoms with Gasteiger partial charge >= 0.3 is 5.69 Å². The molecule has 0 aromatic carbocycles. The zero-order valence-corrected chi connectivity index (χ0v) is 14.8. The van der Waals surface area contributed by atoms with E-state index in [1.807, 2.05) is 31.2 Å². The molecule has 6 heteroatoms. The molecule has 0 amide bonds. The number of fused-ring (bicyclic) bond motifs is 1. The summed E-state index contributed by atoms with van der Waals surface area (Å²) in [4.78, 5) is 14.9. The largest absolute Gasteiger partial charge is 0.465 e. The summed E-state index contributed by atoms with van der Waals surface area (Å²) in [7, 11) is 0. The van der Waals surface area contributed by atoms with E-state index in [-0.39, 0.29) is 11.7 Å². The van der Waals surface area contributed by atoms with Crippen LogP contribution in [0.2, 0.25) is 0 Å². The normalized spacial score (nSPS) is 21.8. The van der Waals surface area contributed by atoms with Crippen LogP contribution in [0.25, 0.3) is 5.65 Å². The van der Waals surface area contributed by atoms with Crippen molar-refractivity contribution in [3.63, 3.8) is 0 Å². The molecule has 0 radical (unpaired) electrons. The summed E-state index contributed by atoms with van der Waals surface area (Å²) in [6.45, 7) is 6.68. The highest BCUT2D eigenvalue weighted by Gasteiger charge is 2.29. The van der Waals surface area contributed by atoms with Gasteiger partial charge in [-0.2, -0.15) is 0 Å². The second-order valence-electron chi connectivity index (χ2n) is 7.06. The molecular formula is C19H24N4O2. The summed E-state index contributed by atoms with van der Waals surface area (Å²) in [6, 6.07) is 10.00. The quantitative estimate of drug-likeness (QED) is 0.733. The monoisotopic (exact) mass is 340 g/mol. The first kappa shape index (κ1) is 16.1. The van der Waals surface area contributed by atoms with Crippen molar-refractivity contribution in [1.82, 2.24) is 19.1 Å². The molecule has 6 nitrogen and oxygen atoms in total. The molecule has 4 heterocycles. The number of aryl methyl sites for hydroxylation is 1. The van der Waals surface area contributed by atoms with Crippen LogP contribution in [0, 0.1) is 12.8 Å². The molecule has 25 heavy (non-hydrogen) atoms. The van der Waals surface area contributed by atoms with E-state index in [9.17, 15) is 4.79 Å². The first-order chi connectivity index (χ1) is 12.1. The highest BCUT2D eigenvalue weighted by molar-refractivity contribution is 5.35. The molecule has 0 aliphatic carbocycles. The highest BCUT2D eigenvalue weighted by Crippen LogP contribution is 2.34. The van der Waals surface area contributed by atoms with E-state index in [2.05, 4.69) is 23.0 Å². The van der Waals surface area contributed by atoms with Gasteiger partial charge < -0.3 is 4.42 Å². The zero-order valence-electron chi connectivity index (χ0n) is 14.8. The molecule has 0 saturated carbocycles. The van der Waals surface area contributed by atoms with Crippen LogP contribution in [0.5, 0.6) is 0 Å². The second-order valence-corrected chi connectivity index (χ2v) is 7.06. The minimum Gasteiger partial charge on any atom is -0.465 e. The number of hydrogen-bond acceptors (Lipinski definition) is 4. The summed E-state index contributed by atoms with van der Waals surface area (Å²) in [5, 5.41) is 4.43. The number of aromatic nitrogens is 3. The Morgan fingerprint density at radius 3 is 2.88 bits per heavy atom. The zero-order chi connectivity index (χ0) is 17.4. The molecule has 1 aliphatic rings. The Morgan fingerprint density at radius 2 is 2.12 bits per heavy atom. The number of furan rings is 1. The first-order valence-corrected chi connectivity index (χ1v) is 8.96. The minimum atomic E-state index is -0.0774. The molecule has 1 saturated heterocycles. The Bertz CT molecular complexity index is 923. The standard InChI is InChI=1S/C19H24N4O2/c1-14-8-10-21(16(13-14)17-7-6-15(2)25-17)11-12-23-19(24)22-9-4-3-5-18(22)20-23/h3-7,9,14,16H,8,10-13H2,1-2H3/t14-,16-/m1/s1. The van der Waals surface area contributed by atoms with Gasteiger partial charge in [-0.25, -0.2) is 9.48 Å². The number of piperidine rings is 1. The van der Waals surface area contributed by atoms with Crippen molar-refractivity contribution < 1.29 is 4.42 Å². The average molecular weight is 340 g/mol. The lowest BCUT2D eigenvalue weighted by Crippen LogP contribution is -2.39. The van der Waals surface area contributed by atoms with Crippen LogP contribution >= 0.6 is 0 Å². The molecule has 3 aromatic heterocycles. The second kappa shape index (κ2) is 6.52. The van der Waals surface area contributed by atoms with Crippen LogP contribution in [-0.4, -0.2) is 32.2 Å². The average Bonchev–Trinajstić information content (AvgIpc) is 3.18. The van der Waals surface area contributed by atoms with Crippen LogP contribution in [-0.2, 0) is 6.54 Å². The number of nitrogens with zero attached hydrogens (tertiary/aromatic N) is 4. The van der Waals surface area contributed by atoms with Gasteiger partial charge in [0, 0.05) is 12.7 Å². The van der Waals surface area contributed by atoms with Crippen molar-refractivity contribution in [3.8, 4) is 0 Å². The third-order valence-corrected chi connectivity index (χ3v) is 5.15. The maximum absolute atomic E-state index is 12.4. The van der Waals surface area contributed by atoms with Crippen LogP contribution < -0.4 is 5.69 Å². The van der Waals surface area contributed by atoms with E-state index in [0.29, 0.717) is 18.1 Å². The SMILES string of the molecule is Cc1ccc([C@H]2C[C@H](C)CCN2CCn2nc3ccccn3c2=O)o1. The summed E-state index contributed by atoms with van der Waals surface area (Å²) < 4.78 is 9.05. The third kappa shape index (κ3) is 3.14. The summed E-state index contributed by atoms with van der Waals surface area (Å²) in [6.07, 6.45) is 4.03. The molecule has 0 unspecified atom stereocenters. The minimum absolute atomic E-state index is 0.0774. The fourth-order valence-electron chi connectivity index (χ4n) is 3.72. The lowest BCUT2D eigenvalue weighted by molar-refractivity contribution is 0.0957. The van der Waals surface area contributed by atoms with E-state index in [0.717, 1.165) is 31.0 Å². The van der Waals surface area contributed by atoms with Crippen molar-refractivity contribution in [2.24, 2.45) is 5.92 Å². The lowest BCUT2D eigenvalue weighted by Gasteiger charge is -2.37. The highest BCUT2D eigenvalue weighted by atomic mass is 16.3. The van der Waals surface area contributed by atoms with Gasteiger partial charge in [0.15, 0.2) is 5.65 Å². The van der Waals surface area contributed by atoms with Crippen LogP contribution in [0.1, 0.15) is 37.3 Å². The van der Waals surface area contributed by atoms with Crippen LogP contribution in [0.3, 0.4) is 0 Å². The van der Waals surface area contributed by atoms with Crippen LogP contribution in [0.4, 0.5) is 0 Å². The number of likely N-dealkylation sites (tertiary alicyclic amines) is 1. The van der Waals surface area contributed by atoms with Gasteiger partial charge in [0.05, 0.1) is 12.6 Å². The van der Waals surface area contributed by atoms with E-state index >= 15 is 0 Å². The molecule has 1 fully saturated rings. The van der Waals surface area contributed by atoms with Gasteiger partial charge in [0.25, 0.3) is 0 Å². The third-order valence-electron chi connectivity index (χ3n) is 5.15. The van der Waals surface area contributed by atoms with Crippen molar-refractivity contribution in [1.29, 1.82) is 0 Å². The molecule has 0 bridgehead atoms. The van der Waals surface area contributed by atoms with Crippen LogP contribution in [0.15, 0.2) is 45.7 Å². The van der Waals surface area contributed by atoms with Gasteiger partial charge in [-0.1, -0.05) is 13.0 Å². The van der Waals surface area contributed by atoms with Crippen molar-refractivity contribution >= 4 is 5.65 Å². The fourth-order valence-corrected chi connectivity index (χ4v) is 3.72. The molecule has 0 N–H and O–H groups in total. The van der Waals surface area contributed by atoms with Crippen molar-refractivity contribution in [2.75, 3.05) is 13.1 Å². The van der Waals surface area contributed by atoms with Gasteiger partial charge in [0.2, 0.25) is 0 Å². The molecule has 2 atom stereocenters. The summed E-state index contributed by atoms with van der Waals surface area (Å²) >= 11 is 0. The van der Waals surface area contributed by atoms with Gasteiger partial charge in [-0.05, 0) is 56.5 Å². The first-order valence-electron chi connectivity index (χ1n) is 8.96. The van der Waals surface area contributed by atoms with Gasteiger partial charge in [-0.15, -0.1) is 5.10 Å². The molecule has 4 rings (SSSR count). The Kier molecular flexibility index (Phi) is 4.21. The maximum atomic E-state index is 12.4. The Labute approximate surface area is 146 Å². The van der Waals surface area contributed by atoms with E-state index in [4.69, 9.17) is 4.42 Å². The Hall–Kier alpha value is -2.34. The van der Waals surface area contributed by atoms with E-state index in [1.165, 1.54) is 6.42 Å². The number of pyridine rings is 1. The molecule has 132 valence electrons. The van der Waals surface area contributed by atoms with Gasteiger partial charge in [-0.3, -0.25) is 9.30 Å². The fraction of sp³-hybridized carbons (Fsp3) is 0.474. The smallest absolute Gasteiger partial charge is 0.350 e. The number of hydrogen-bond donors (Lipinski definition) is 0. The molecular weight excluding hydrogens is 316 g/mol. The molecule has 1 aliphatic heterocycles. The van der Waals surface area contributed by atoms with E-state index < -0.39 is 0 Å². The number of rotatable bonds is 4. The predicted octanol–water partition coefficient (Wildman–Crippen LogP) is 2.87. The summed E-state index contributed by atoms with van der Waals surface area (Å²) in [5.74, 6) is 2.67. The lowest BCUT2D eigenvalue weighted by atomic mass is 9.91. The topological polar surface area (TPSA) is 55.7 Å². The Balaban J connectivity index is 1.53. The van der Waals surface area contributed by atoms with Gasteiger partial charge in [0.1, 0.15) is 11.5 Å². The van der Waals surface area contributed by atoms with Crippen molar-refractivity contribution in [2.45, 2.75) is 39.3 Å². The summed E-state index contributed by atoms with van der Waals surface area (Å²) in [5.41, 5.74) is 0.615.